The maximum Gasteiger partial charge on any atom is 0.271 e. The fourth-order valence-electron chi connectivity index (χ4n) is 2.94. The first-order chi connectivity index (χ1) is 11.3. The molecule has 1 fully saturated rings. The molecule has 0 bridgehead atoms. The second kappa shape index (κ2) is 5.70. The molecule has 0 atom stereocenters. The normalized spacial score (nSPS) is 14.6. The third-order valence-electron chi connectivity index (χ3n) is 4.19. The maximum absolute atomic E-state index is 12.6. The van der Waals surface area contributed by atoms with Gasteiger partial charge in [0.25, 0.3) is 5.91 Å². The van der Waals surface area contributed by atoms with Crippen molar-refractivity contribution in [3.05, 3.63) is 41.5 Å². The molecule has 1 aromatic carbocycles. The third kappa shape index (κ3) is 2.49. The fourth-order valence-corrected chi connectivity index (χ4v) is 3.79. The Morgan fingerprint density at radius 2 is 2.13 bits per heavy atom. The largest absolute Gasteiger partial charge is 0.497 e. The average molecular weight is 327 g/mol. The first-order valence-electron chi connectivity index (χ1n) is 7.66. The predicted octanol–water partition coefficient (Wildman–Crippen LogP) is 3.31. The standard InChI is InChI=1S/C17H17N3O2S/c1-22-13-6-4-5-12(9-13)14-10-20-15(11-23-17(20)18-14)16(21)19-7-2-3-8-19/h4-6,9-11H,2-3,7-8H2,1H3. The van der Waals surface area contributed by atoms with Crippen molar-refractivity contribution in [3.63, 3.8) is 0 Å². The molecule has 6 heteroatoms. The number of carbonyl (C=O) groups excluding carboxylic acids is 1. The number of hydrogen-bond donors (Lipinski definition) is 0. The zero-order valence-corrected chi connectivity index (χ0v) is 13.7. The molecule has 1 aliphatic heterocycles. The highest BCUT2D eigenvalue weighted by Gasteiger charge is 2.23. The second-order valence-electron chi connectivity index (χ2n) is 5.63. The summed E-state index contributed by atoms with van der Waals surface area (Å²) in [7, 11) is 1.65. The SMILES string of the molecule is COc1cccc(-c2cn3c(C(=O)N4CCCC4)csc3n2)c1. The Labute approximate surface area is 138 Å². The Balaban J connectivity index is 1.72. The monoisotopic (exact) mass is 327 g/mol. The van der Waals surface area contributed by atoms with E-state index in [0.29, 0.717) is 5.69 Å². The van der Waals surface area contributed by atoms with Gasteiger partial charge < -0.3 is 9.64 Å². The lowest BCUT2D eigenvalue weighted by atomic mass is 10.1. The van der Waals surface area contributed by atoms with Gasteiger partial charge >= 0.3 is 0 Å². The molecule has 0 unspecified atom stereocenters. The number of thiazole rings is 1. The minimum atomic E-state index is 0.100. The molecule has 23 heavy (non-hydrogen) atoms. The first kappa shape index (κ1) is 14.3. The van der Waals surface area contributed by atoms with Crippen LogP contribution >= 0.6 is 11.3 Å². The Morgan fingerprint density at radius 1 is 1.30 bits per heavy atom. The van der Waals surface area contributed by atoms with Crippen LogP contribution in [0, 0.1) is 0 Å². The highest BCUT2D eigenvalue weighted by Crippen LogP contribution is 2.27. The Hall–Kier alpha value is -2.34. The molecule has 4 rings (SSSR count). The van der Waals surface area contributed by atoms with E-state index in [1.165, 1.54) is 11.3 Å². The summed E-state index contributed by atoms with van der Waals surface area (Å²) < 4.78 is 7.17. The van der Waals surface area contributed by atoms with E-state index < -0.39 is 0 Å². The molecule has 0 spiro atoms. The molecule has 118 valence electrons. The summed E-state index contributed by atoms with van der Waals surface area (Å²) in [6.07, 6.45) is 4.12. The van der Waals surface area contributed by atoms with Crippen LogP contribution in [-0.4, -0.2) is 40.4 Å². The molecule has 1 aliphatic rings. The molecule has 3 heterocycles. The van der Waals surface area contributed by atoms with Crippen LogP contribution in [0.2, 0.25) is 0 Å². The predicted molar refractivity (Wildman–Crippen MR) is 90.2 cm³/mol. The van der Waals surface area contributed by atoms with Gasteiger partial charge in [-0.15, -0.1) is 11.3 Å². The number of benzene rings is 1. The van der Waals surface area contributed by atoms with Crippen molar-refractivity contribution in [2.45, 2.75) is 12.8 Å². The molecule has 5 nitrogen and oxygen atoms in total. The highest BCUT2D eigenvalue weighted by atomic mass is 32.1. The van der Waals surface area contributed by atoms with Crippen LogP contribution in [0.25, 0.3) is 16.2 Å². The van der Waals surface area contributed by atoms with Crippen molar-refractivity contribution in [1.82, 2.24) is 14.3 Å². The van der Waals surface area contributed by atoms with Crippen LogP contribution in [0.3, 0.4) is 0 Å². The lowest BCUT2D eigenvalue weighted by Gasteiger charge is -2.13. The number of nitrogens with zero attached hydrogens (tertiary/aromatic N) is 3. The molecule has 0 radical (unpaired) electrons. The van der Waals surface area contributed by atoms with Gasteiger partial charge in [0.1, 0.15) is 11.4 Å². The number of ether oxygens (including phenoxy) is 1. The van der Waals surface area contributed by atoms with E-state index in [-0.39, 0.29) is 5.91 Å². The van der Waals surface area contributed by atoms with E-state index >= 15 is 0 Å². The topological polar surface area (TPSA) is 46.8 Å². The van der Waals surface area contributed by atoms with E-state index in [9.17, 15) is 4.79 Å². The Morgan fingerprint density at radius 3 is 2.91 bits per heavy atom. The second-order valence-corrected chi connectivity index (χ2v) is 6.47. The minimum Gasteiger partial charge on any atom is -0.497 e. The molecular formula is C17H17N3O2S. The van der Waals surface area contributed by atoms with Crippen LogP contribution in [0.1, 0.15) is 23.3 Å². The molecule has 2 aromatic heterocycles. The molecule has 0 N–H and O–H groups in total. The molecule has 0 aliphatic carbocycles. The van der Waals surface area contributed by atoms with Gasteiger partial charge in [-0.3, -0.25) is 9.20 Å². The fraction of sp³-hybridized carbons (Fsp3) is 0.294. The molecular weight excluding hydrogens is 310 g/mol. The lowest BCUT2D eigenvalue weighted by Crippen LogP contribution is -2.28. The summed E-state index contributed by atoms with van der Waals surface area (Å²) in [6.45, 7) is 1.71. The number of carbonyl (C=O) groups is 1. The number of fused-ring (bicyclic) bond motifs is 1. The van der Waals surface area contributed by atoms with Crippen LogP contribution in [0.4, 0.5) is 0 Å². The number of rotatable bonds is 3. The Bertz CT molecular complexity index is 862. The van der Waals surface area contributed by atoms with Gasteiger partial charge in [0.05, 0.1) is 12.8 Å². The first-order valence-corrected chi connectivity index (χ1v) is 8.54. The van der Waals surface area contributed by atoms with Gasteiger partial charge in [0.15, 0.2) is 4.96 Å². The number of likely N-dealkylation sites (tertiary alicyclic amines) is 1. The summed E-state index contributed by atoms with van der Waals surface area (Å²) in [5.74, 6) is 0.899. The zero-order chi connectivity index (χ0) is 15.8. The van der Waals surface area contributed by atoms with Crippen molar-refractivity contribution in [3.8, 4) is 17.0 Å². The van der Waals surface area contributed by atoms with Crippen molar-refractivity contribution >= 4 is 22.2 Å². The van der Waals surface area contributed by atoms with Crippen LogP contribution in [-0.2, 0) is 0 Å². The van der Waals surface area contributed by atoms with Gasteiger partial charge in [0, 0.05) is 30.2 Å². The van der Waals surface area contributed by atoms with E-state index in [1.54, 1.807) is 7.11 Å². The third-order valence-corrected chi connectivity index (χ3v) is 5.03. The number of amides is 1. The average Bonchev–Trinajstić information content (AvgIpc) is 3.30. The highest BCUT2D eigenvalue weighted by molar-refractivity contribution is 7.15. The van der Waals surface area contributed by atoms with Gasteiger partial charge in [-0.05, 0) is 25.0 Å². The number of methoxy groups -OCH3 is 1. The van der Waals surface area contributed by atoms with Crippen molar-refractivity contribution < 1.29 is 9.53 Å². The van der Waals surface area contributed by atoms with Crippen molar-refractivity contribution in [2.24, 2.45) is 0 Å². The van der Waals surface area contributed by atoms with Gasteiger partial charge in [-0.2, -0.15) is 0 Å². The van der Waals surface area contributed by atoms with Crippen molar-refractivity contribution in [1.29, 1.82) is 0 Å². The Kier molecular flexibility index (Phi) is 3.53. The van der Waals surface area contributed by atoms with Crippen LogP contribution in [0.5, 0.6) is 5.75 Å². The summed E-state index contributed by atoms with van der Waals surface area (Å²) >= 11 is 1.50. The number of imidazole rings is 1. The lowest BCUT2D eigenvalue weighted by molar-refractivity contribution is 0.0786. The molecule has 1 saturated heterocycles. The molecule has 0 saturated carbocycles. The van der Waals surface area contributed by atoms with Gasteiger partial charge in [-0.1, -0.05) is 12.1 Å². The number of hydrogen-bond acceptors (Lipinski definition) is 4. The van der Waals surface area contributed by atoms with Crippen LogP contribution in [0.15, 0.2) is 35.8 Å². The van der Waals surface area contributed by atoms with E-state index in [1.807, 2.05) is 45.1 Å². The van der Waals surface area contributed by atoms with Gasteiger partial charge in [0.2, 0.25) is 0 Å². The quantitative estimate of drug-likeness (QED) is 0.741. The van der Waals surface area contributed by atoms with Gasteiger partial charge in [-0.25, -0.2) is 4.98 Å². The van der Waals surface area contributed by atoms with Crippen molar-refractivity contribution in [2.75, 3.05) is 20.2 Å². The maximum atomic E-state index is 12.6. The summed E-state index contributed by atoms with van der Waals surface area (Å²) in [5, 5.41) is 1.90. The summed E-state index contributed by atoms with van der Waals surface area (Å²) in [5.41, 5.74) is 2.54. The number of aromatic nitrogens is 2. The van der Waals surface area contributed by atoms with E-state index in [2.05, 4.69) is 4.98 Å². The summed E-state index contributed by atoms with van der Waals surface area (Å²) in [6, 6.07) is 7.80. The van der Waals surface area contributed by atoms with E-state index in [4.69, 9.17) is 4.74 Å². The minimum absolute atomic E-state index is 0.100. The molecule has 1 amide bonds. The van der Waals surface area contributed by atoms with E-state index in [0.717, 1.165) is 47.9 Å². The zero-order valence-electron chi connectivity index (χ0n) is 12.9. The van der Waals surface area contributed by atoms with Crippen LogP contribution < -0.4 is 4.74 Å². The smallest absolute Gasteiger partial charge is 0.271 e. The molecule has 3 aromatic rings. The summed E-state index contributed by atoms with van der Waals surface area (Å²) in [4.78, 5) is 20.0.